The van der Waals surface area contributed by atoms with Gasteiger partial charge in [0, 0.05) is 22.1 Å². The molecule has 2 rings (SSSR count). The van der Waals surface area contributed by atoms with Crippen LogP contribution in [0.25, 0.3) is 10.9 Å². The van der Waals surface area contributed by atoms with Crippen molar-refractivity contribution in [2.24, 2.45) is 5.41 Å². The van der Waals surface area contributed by atoms with Gasteiger partial charge in [0.25, 0.3) is 0 Å². The van der Waals surface area contributed by atoms with Crippen LogP contribution in [0.2, 0.25) is 5.02 Å². The van der Waals surface area contributed by atoms with E-state index in [1.165, 1.54) is 17.4 Å². The molecule has 0 aliphatic heterocycles. The van der Waals surface area contributed by atoms with Crippen molar-refractivity contribution in [2.45, 2.75) is 33.6 Å². The van der Waals surface area contributed by atoms with Crippen LogP contribution >= 0.6 is 11.6 Å². The normalized spacial score (nSPS) is 12.2. The van der Waals surface area contributed by atoms with E-state index in [2.05, 4.69) is 38.0 Å². The fourth-order valence-electron chi connectivity index (χ4n) is 1.88. The Hall–Kier alpha value is -0.950. The Morgan fingerprint density at radius 3 is 2.69 bits per heavy atom. The number of H-pyrrole nitrogens is 1. The van der Waals surface area contributed by atoms with Crippen LogP contribution in [0.4, 0.5) is 0 Å². The smallest absolute Gasteiger partial charge is 0.0471 e. The molecule has 1 nitrogen and oxygen atoms in total. The molecule has 1 N–H and O–H groups in total. The number of rotatable bonds is 2. The second kappa shape index (κ2) is 4.14. The number of aromatic nitrogens is 1. The number of fused-ring (bicyclic) bond motifs is 1. The minimum absolute atomic E-state index is 0.385. The average molecular weight is 236 g/mol. The molecule has 1 heterocycles. The first kappa shape index (κ1) is 11.5. The third kappa shape index (κ3) is 2.59. The van der Waals surface area contributed by atoms with E-state index in [1.54, 1.807) is 0 Å². The molecule has 16 heavy (non-hydrogen) atoms. The summed E-state index contributed by atoms with van der Waals surface area (Å²) in [6.45, 7) is 6.83. The standard InChI is InChI=1S/C14H18ClN/c1-14(2,3)7-6-10-9-16-13-8-11(15)4-5-12(10)13/h4-5,8-9,16H,6-7H2,1-3H3. The van der Waals surface area contributed by atoms with E-state index in [0.29, 0.717) is 5.41 Å². The van der Waals surface area contributed by atoms with Crippen molar-refractivity contribution in [3.05, 3.63) is 35.0 Å². The van der Waals surface area contributed by atoms with Gasteiger partial charge in [-0.1, -0.05) is 38.4 Å². The number of halogens is 1. The summed E-state index contributed by atoms with van der Waals surface area (Å²) in [5.41, 5.74) is 2.91. The van der Waals surface area contributed by atoms with Gasteiger partial charge < -0.3 is 4.98 Å². The van der Waals surface area contributed by atoms with Gasteiger partial charge in [-0.15, -0.1) is 0 Å². The van der Waals surface area contributed by atoms with E-state index in [4.69, 9.17) is 11.6 Å². The number of hydrogen-bond donors (Lipinski definition) is 1. The molecular formula is C14H18ClN. The minimum Gasteiger partial charge on any atom is -0.361 e. The highest BCUT2D eigenvalue weighted by Crippen LogP contribution is 2.26. The van der Waals surface area contributed by atoms with E-state index in [1.807, 2.05) is 12.1 Å². The second-order valence-electron chi connectivity index (χ2n) is 5.56. The van der Waals surface area contributed by atoms with E-state index < -0.39 is 0 Å². The summed E-state index contributed by atoms with van der Waals surface area (Å²) >= 11 is 5.96. The molecule has 1 aromatic carbocycles. The molecule has 1 aromatic heterocycles. The highest BCUT2D eigenvalue weighted by atomic mass is 35.5. The molecule has 0 atom stereocenters. The van der Waals surface area contributed by atoms with Crippen molar-refractivity contribution in [1.29, 1.82) is 0 Å². The SMILES string of the molecule is CC(C)(C)CCc1c[nH]c2cc(Cl)ccc12. The molecule has 0 bridgehead atoms. The quantitative estimate of drug-likeness (QED) is 0.770. The summed E-state index contributed by atoms with van der Waals surface area (Å²) in [7, 11) is 0. The third-order valence-corrected chi connectivity index (χ3v) is 3.11. The van der Waals surface area contributed by atoms with Crippen LogP contribution in [0.15, 0.2) is 24.4 Å². The molecule has 86 valence electrons. The number of benzene rings is 1. The fourth-order valence-corrected chi connectivity index (χ4v) is 2.05. The van der Waals surface area contributed by atoms with E-state index in [9.17, 15) is 0 Å². The summed E-state index contributed by atoms with van der Waals surface area (Å²) in [5, 5.41) is 2.09. The first-order valence-electron chi connectivity index (χ1n) is 5.71. The summed E-state index contributed by atoms with van der Waals surface area (Å²) < 4.78 is 0. The van der Waals surface area contributed by atoms with Gasteiger partial charge in [-0.3, -0.25) is 0 Å². The average Bonchev–Trinajstić information content (AvgIpc) is 2.56. The van der Waals surface area contributed by atoms with Gasteiger partial charge in [0.15, 0.2) is 0 Å². The fraction of sp³-hybridized carbons (Fsp3) is 0.429. The van der Waals surface area contributed by atoms with Crippen molar-refractivity contribution >= 4 is 22.5 Å². The largest absolute Gasteiger partial charge is 0.361 e. The third-order valence-electron chi connectivity index (χ3n) is 2.87. The highest BCUT2D eigenvalue weighted by Gasteiger charge is 2.12. The van der Waals surface area contributed by atoms with E-state index in [-0.39, 0.29) is 0 Å². The van der Waals surface area contributed by atoms with Crippen molar-refractivity contribution in [2.75, 3.05) is 0 Å². The number of nitrogens with one attached hydrogen (secondary N) is 1. The highest BCUT2D eigenvalue weighted by molar-refractivity contribution is 6.31. The van der Waals surface area contributed by atoms with E-state index >= 15 is 0 Å². The second-order valence-corrected chi connectivity index (χ2v) is 6.00. The molecule has 0 amide bonds. The molecular weight excluding hydrogens is 218 g/mol. The first-order chi connectivity index (χ1) is 7.46. The minimum atomic E-state index is 0.385. The van der Waals surface area contributed by atoms with Crippen molar-refractivity contribution in [3.8, 4) is 0 Å². The Morgan fingerprint density at radius 2 is 2.00 bits per heavy atom. The van der Waals surface area contributed by atoms with Gasteiger partial charge in [-0.25, -0.2) is 0 Å². The van der Waals surface area contributed by atoms with Gasteiger partial charge in [-0.05, 0) is 36.0 Å². The molecule has 0 saturated carbocycles. The van der Waals surface area contributed by atoms with Crippen molar-refractivity contribution < 1.29 is 0 Å². The topological polar surface area (TPSA) is 15.8 Å². The molecule has 0 aliphatic rings. The van der Waals surface area contributed by atoms with Crippen LogP contribution in [0.1, 0.15) is 32.8 Å². The predicted molar refractivity (Wildman–Crippen MR) is 71.1 cm³/mol. The van der Waals surface area contributed by atoms with Gasteiger partial charge in [0.05, 0.1) is 0 Å². The van der Waals surface area contributed by atoms with Crippen molar-refractivity contribution in [3.63, 3.8) is 0 Å². The molecule has 0 spiro atoms. The molecule has 0 fully saturated rings. The number of aryl methyl sites for hydroxylation is 1. The monoisotopic (exact) mass is 235 g/mol. The maximum absolute atomic E-state index is 5.96. The van der Waals surface area contributed by atoms with Gasteiger partial charge in [-0.2, -0.15) is 0 Å². The summed E-state index contributed by atoms with van der Waals surface area (Å²) in [6, 6.07) is 6.04. The lowest BCUT2D eigenvalue weighted by molar-refractivity contribution is 0.379. The lowest BCUT2D eigenvalue weighted by Gasteiger charge is -2.17. The van der Waals surface area contributed by atoms with E-state index in [0.717, 1.165) is 17.0 Å². The zero-order chi connectivity index (χ0) is 11.8. The number of hydrogen-bond acceptors (Lipinski definition) is 0. The zero-order valence-electron chi connectivity index (χ0n) is 10.1. The van der Waals surface area contributed by atoms with Crippen LogP contribution in [0.5, 0.6) is 0 Å². The Balaban J connectivity index is 2.25. The van der Waals surface area contributed by atoms with Gasteiger partial charge in [0.2, 0.25) is 0 Å². The maximum atomic E-state index is 5.96. The number of aromatic amines is 1. The molecule has 2 aromatic rings. The van der Waals surface area contributed by atoms with Crippen LogP contribution in [0.3, 0.4) is 0 Å². The summed E-state index contributed by atoms with van der Waals surface area (Å²) in [4.78, 5) is 3.28. The molecule has 0 aliphatic carbocycles. The maximum Gasteiger partial charge on any atom is 0.0471 e. The molecule has 0 unspecified atom stereocenters. The van der Waals surface area contributed by atoms with Crippen LogP contribution in [-0.4, -0.2) is 4.98 Å². The predicted octanol–water partition coefficient (Wildman–Crippen LogP) is 4.80. The zero-order valence-corrected chi connectivity index (χ0v) is 10.9. The Labute approximate surface area is 102 Å². The summed E-state index contributed by atoms with van der Waals surface area (Å²) in [6.07, 6.45) is 4.42. The van der Waals surface area contributed by atoms with Crippen LogP contribution < -0.4 is 0 Å². The lowest BCUT2D eigenvalue weighted by atomic mass is 9.89. The molecule has 2 heteroatoms. The Kier molecular flexibility index (Phi) is 2.98. The van der Waals surface area contributed by atoms with Crippen LogP contribution in [-0.2, 0) is 6.42 Å². The lowest BCUT2D eigenvalue weighted by Crippen LogP contribution is -2.05. The van der Waals surface area contributed by atoms with Crippen molar-refractivity contribution in [1.82, 2.24) is 4.98 Å². The van der Waals surface area contributed by atoms with Gasteiger partial charge in [0.1, 0.15) is 0 Å². The van der Waals surface area contributed by atoms with Gasteiger partial charge >= 0.3 is 0 Å². The molecule has 0 saturated heterocycles. The van der Waals surface area contributed by atoms with Crippen LogP contribution in [0, 0.1) is 5.41 Å². The summed E-state index contributed by atoms with van der Waals surface area (Å²) in [5.74, 6) is 0. The Morgan fingerprint density at radius 1 is 1.25 bits per heavy atom. The Bertz CT molecular complexity index is 491. The first-order valence-corrected chi connectivity index (χ1v) is 6.09. The molecule has 0 radical (unpaired) electrons.